The molecule has 0 bridgehead atoms. The third-order valence-electron chi connectivity index (χ3n) is 4.19. The van der Waals surface area contributed by atoms with Crippen molar-refractivity contribution >= 4 is 11.8 Å². The van der Waals surface area contributed by atoms with E-state index in [4.69, 9.17) is 4.52 Å². The summed E-state index contributed by atoms with van der Waals surface area (Å²) in [5, 5.41) is 6.76. The number of amides is 2. The zero-order chi connectivity index (χ0) is 15.6. The van der Waals surface area contributed by atoms with Crippen LogP contribution in [0.15, 0.2) is 10.6 Å². The Morgan fingerprint density at radius 1 is 1.52 bits per heavy atom. The molecular formula is C15H23N3O3. The summed E-state index contributed by atoms with van der Waals surface area (Å²) in [6.45, 7) is 6.66. The zero-order valence-corrected chi connectivity index (χ0v) is 13.1. The van der Waals surface area contributed by atoms with Crippen molar-refractivity contribution in [3.8, 4) is 0 Å². The highest BCUT2D eigenvalue weighted by molar-refractivity contribution is 5.85. The van der Waals surface area contributed by atoms with E-state index in [1.54, 1.807) is 11.9 Å². The molecule has 6 nitrogen and oxygen atoms in total. The predicted octanol–water partition coefficient (Wildman–Crippen LogP) is 1.33. The number of nitrogens with zero attached hydrogens (tertiary/aromatic N) is 2. The average Bonchev–Trinajstić information content (AvgIpc) is 3.06. The van der Waals surface area contributed by atoms with Crippen molar-refractivity contribution in [1.29, 1.82) is 0 Å². The van der Waals surface area contributed by atoms with Gasteiger partial charge in [-0.3, -0.25) is 9.59 Å². The predicted molar refractivity (Wildman–Crippen MR) is 77.7 cm³/mol. The second-order valence-electron chi connectivity index (χ2n) is 6.10. The van der Waals surface area contributed by atoms with Gasteiger partial charge < -0.3 is 14.7 Å². The molecule has 1 unspecified atom stereocenters. The Morgan fingerprint density at radius 3 is 2.71 bits per heavy atom. The summed E-state index contributed by atoms with van der Waals surface area (Å²) in [6, 6.07) is 1.91. The molecule has 1 fully saturated rings. The monoisotopic (exact) mass is 293 g/mol. The molecule has 0 saturated carbocycles. The summed E-state index contributed by atoms with van der Waals surface area (Å²) < 4.78 is 5.37. The van der Waals surface area contributed by atoms with Crippen molar-refractivity contribution in [2.24, 2.45) is 5.41 Å². The van der Waals surface area contributed by atoms with Gasteiger partial charge in [0.15, 0.2) is 0 Å². The standard InChI is InChI=1S/C15H23N3O3/c1-10(2)13-7-12(21-17-13)8-15(14(20)16-4)5-6-18(9-15)11(3)19/h7,10H,5-6,8-9H2,1-4H3,(H,16,20). The Kier molecular flexibility index (Phi) is 4.34. The van der Waals surface area contributed by atoms with Gasteiger partial charge in [-0.25, -0.2) is 0 Å². The Balaban J connectivity index is 2.21. The molecule has 1 saturated heterocycles. The lowest BCUT2D eigenvalue weighted by Gasteiger charge is -2.26. The molecule has 6 heteroatoms. The molecule has 1 aromatic heterocycles. The van der Waals surface area contributed by atoms with Crippen LogP contribution in [0.4, 0.5) is 0 Å². The zero-order valence-electron chi connectivity index (χ0n) is 13.1. The van der Waals surface area contributed by atoms with Crippen molar-refractivity contribution in [3.63, 3.8) is 0 Å². The first kappa shape index (κ1) is 15.5. The van der Waals surface area contributed by atoms with Crippen molar-refractivity contribution in [2.45, 2.75) is 39.5 Å². The Bertz CT molecular complexity index is 538. The minimum Gasteiger partial charge on any atom is -0.361 e. The van der Waals surface area contributed by atoms with Crippen LogP contribution in [0.2, 0.25) is 0 Å². The number of aromatic nitrogens is 1. The quantitative estimate of drug-likeness (QED) is 0.908. The fourth-order valence-electron chi connectivity index (χ4n) is 2.83. The molecule has 1 aromatic rings. The summed E-state index contributed by atoms with van der Waals surface area (Å²) >= 11 is 0. The first-order valence-corrected chi connectivity index (χ1v) is 7.31. The molecule has 2 amide bonds. The van der Waals surface area contributed by atoms with Crippen LogP contribution < -0.4 is 5.32 Å². The van der Waals surface area contributed by atoms with E-state index in [0.717, 1.165) is 5.69 Å². The number of hydrogen-bond acceptors (Lipinski definition) is 4. The van der Waals surface area contributed by atoms with Crippen molar-refractivity contribution in [3.05, 3.63) is 17.5 Å². The summed E-state index contributed by atoms with van der Waals surface area (Å²) in [5.41, 5.74) is 0.271. The van der Waals surface area contributed by atoms with Crippen molar-refractivity contribution < 1.29 is 14.1 Å². The maximum absolute atomic E-state index is 12.3. The number of likely N-dealkylation sites (tertiary alicyclic amines) is 1. The molecule has 116 valence electrons. The van der Waals surface area contributed by atoms with E-state index in [1.165, 1.54) is 6.92 Å². The molecule has 2 rings (SSSR count). The number of carbonyl (C=O) groups excluding carboxylic acids is 2. The van der Waals surface area contributed by atoms with Crippen LogP contribution in [0.25, 0.3) is 0 Å². The SMILES string of the molecule is CNC(=O)C1(Cc2cc(C(C)C)no2)CCN(C(C)=O)C1. The highest BCUT2D eigenvalue weighted by Crippen LogP contribution is 2.35. The van der Waals surface area contributed by atoms with Crippen molar-refractivity contribution in [2.75, 3.05) is 20.1 Å². The van der Waals surface area contributed by atoms with E-state index in [1.807, 2.05) is 19.9 Å². The van der Waals surface area contributed by atoms with Crippen LogP contribution >= 0.6 is 0 Å². The number of carbonyl (C=O) groups is 2. The fourth-order valence-corrected chi connectivity index (χ4v) is 2.83. The topological polar surface area (TPSA) is 75.4 Å². The van der Waals surface area contributed by atoms with Gasteiger partial charge in [-0.1, -0.05) is 19.0 Å². The summed E-state index contributed by atoms with van der Waals surface area (Å²) in [5.74, 6) is 0.943. The van der Waals surface area contributed by atoms with E-state index in [9.17, 15) is 9.59 Å². The van der Waals surface area contributed by atoms with Gasteiger partial charge in [-0.15, -0.1) is 0 Å². The highest BCUT2D eigenvalue weighted by atomic mass is 16.5. The third kappa shape index (κ3) is 3.09. The van der Waals surface area contributed by atoms with Crippen LogP contribution in [-0.2, 0) is 16.0 Å². The lowest BCUT2D eigenvalue weighted by Crippen LogP contribution is -2.43. The lowest BCUT2D eigenvalue weighted by molar-refractivity contribution is -0.132. The normalized spacial score (nSPS) is 21.9. The third-order valence-corrected chi connectivity index (χ3v) is 4.19. The molecule has 21 heavy (non-hydrogen) atoms. The smallest absolute Gasteiger partial charge is 0.228 e. The van der Waals surface area contributed by atoms with Crippen LogP contribution in [0.3, 0.4) is 0 Å². The van der Waals surface area contributed by atoms with E-state index >= 15 is 0 Å². The second-order valence-corrected chi connectivity index (χ2v) is 6.10. The molecule has 0 aliphatic carbocycles. The molecule has 0 aromatic carbocycles. The van der Waals surface area contributed by atoms with Gasteiger partial charge in [0.1, 0.15) is 5.76 Å². The lowest BCUT2D eigenvalue weighted by atomic mass is 9.81. The summed E-state index contributed by atoms with van der Waals surface area (Å²) in [6.07, 6.45) is 1.11. The Morgan fingerprint density at radius 2 is 2.24 bits per heavy atom. The molecule has 0 radical (unpaired) electrons. The number of nitrogens with one attached hydrogen (secondary N) is 1. The first-order chi connectivity index (χ1) is 9.88. The van der Waals surface area contributed by atoms with E-state index in [0.29, 0.717) is 31.7 Å². The van der Waals surface area contributed by atoms with Gasteiger partial charge in [-0.05, 0) is 12.3 Å². The van der Waals surface area contributed by atoms with Gasteiger partial charge >= 0.3 is 0 Å². The van der Waals surface area contributed by atoms with Crippen molar-refractivity contribution in [1.82, 2.24) is 15.4 Å². The largest absolute Gasteiger partial charge is 0.361 e. The summed E-state index contributed by atoms with van der Waals surface area (Å²) in [7, 11) is 1.63. The minimum atomic E-state index is -0.617. The minimum absolute atomic E-state index is 0.00113. The van der Waals surface area contributed by atoms with Crippen LogP contribution in [0.5, 0.6) is 0 Å². The van der Waals surface area contributed by atoms with E-state index < -0.39 is 5.41 Å². The van der Waals surface area contributed by atoms with Gasteiger partial charge in [0.25, 0.3) is 0 Å². The van der Waals surface area contributed by atoms with Crippen LogP contribution in [0.1, 0.15) is 44.6 Å². The van der Waals surface area contributed by atoms with Gasteiger partial charge in [-0.2, -0.15) is 0 Å². The number of rotatable bonds is 4. The molecular weight excluding hydrogens is 270 g/mol. The van der Waals surface area contributed by atoms with E-state index in [-0.39, 0.29) is 17.7 Å². The molecule has 1 N–H and O–H groups in total. The van der Waals surface area contributed by atoms with Gasteiger partial charge in [0, 0.05) is 39.5 Å². The van der Waals surface area contributed by atoms with Crippen LogP contribution in [-0.4, -0.2) is 42.0 Å². The van der Waals surface area contributed by atoms with Gasteiger partial charge in [0.05, 0.1) is 11.1 Å². The van der Waals surface area contributed by atoms with Crippen LogP contribution in [0, 0.1) is 5.41 Å². The molecule has 1 aliphatic rings. The van der Waals surface area contributed by atoms with Gasteiger partial charge in [0.2, 0.25) is 11.8 Å². The second kappa shape index (κ2) is 5.87. The average molecular weight is 293 g/mol. The molecule has 0 spiro atoms. The molecule has 1 atom stereocenters. The Labute approximate surface area is 124 Å². The fraction of sp³-hybridized carbons (Fsp3) is 0.667. The molecule has 1 aliphatic heterocycles. The molecule has 2 heterocycles. The maximum atomic E-state index is 12.3. The first-order valence-electron chi connectivity index (χ1n) is 7.31. The number of hydrogen-bond donors (Lipinski definition) is 1. The van der Waals surface area contributed by atoms with E-state index in [2.05, 4.69) is 10.5 Å². The Hall–Kier alpha value is -1.85. The highest BCUT2D eigenvalue weighted by Gasteiger charge is 2.45. The summed E-state index contributed by atoms with van der Waals surface area (Å²) in [4.78, 5) is 25.6. The maximum Gasteiger partial charge on any atom is 0.228 e.